The molecule has 0 N–H and O–H groups in total. The van der Waals surface area contributed by atoms with E-state index in [4.69, 9.17) is 16.3 Å². The average Bonchev–Trinajstić information content (AvgIpc) is 2.39. The number of hydrogen-bond donors (Lipinski definition) is 0. The first kappa shape index (κ1) is 11.9. The minimum atomic E-state index is 0.410. The molecule has 1 aromatic heterocycles. The quantitative estimate of drug-likeness (QED) is 0.781. The van der Waals surface area contributed by atoms with Crippen LogP contribution in [0.2, 0.25) is 0 Å². The number of rotatable bonds is 4. The molecule has 88 valence electrons. The van der Waals surface area contributed by atoms with Crippen molar-refractivity contribution in [3.8, 4) is 5.75 Å². The molecule has 0 saturated carbocycles. The van der Waals surface area contributed by atoms with Crippen LogP contribution < -0.4 is 4.74 Å². The summed E-state index contributed by atoms with van der Waals surface area (Å²) in [7, 11) is 1.66. The highest BCUT2D eigenvalue weighted by atomic mass is 35.5. The standard InChI is InChI=1S/C13H13ClN2O/c1-17-12-4-2-3-10(7-12)8-13-15-6-5-11(9-14)16-13/h2-7H,8-9H2,1H3. The van der Waals surface area contributed by atoms with Crippen molar-refractivity contribution < 1.29 is 4.74 Å². The second-order valence-electron chi connectivity index (χ2n) is 3.63. The van der Waals surface area contributed by atoms with Crippen molar-refractivity contribution >= 4 is 11.6 Å². The van der Waals surface area contributed by atoms with E-state index < -0.39 is 0 Å². The molecule has 0 saturated heterocycles. The van der Waals surface area contributed by atoms with Crippen LogP contribution in [0.15, 0.2) is 36.5 Å². The third kappa shape index (κ3) is 3.17. The van der Waals surface area contributed by atoms with E-state index in [1.165, 1.54) is 0 Å². The maximum atomic E-state index is 5.74. The minimum Gasteiger partial charge on any atom is -0.497 e. The van der Waals surface area contributed by atoms with Crippen LogP contribution in [0, 0.1) is 0 Å². The molecule has 1 aromatic carbocycles. The van der Waals surface area contributed by atoms with Gasteiger partial charge in [-0.15, -0.1) is 11.6 Å². The number of aromatic nitrogens is 2. The molecular formula is C13H13ClN2O. The fourth-order valence-corrected chi connectivity index (χ4v) is 1.71. The van der Waals surface area contributed by atoms with Gasteiger partial charge in [0.1, 0.15) is 11.6 Å². The van der Waals surface area contributed by atoms with Gasteiger partial charge in [0, 0.05) is 12.6 Å². The van der Waals surface area contributed by atoms with E-state index >= 15 is 0 Å². The van der Waals surface area contributed by atoms with Crippen LogP contribution in [0.3, 0.4) is 0 Å². The van der Waals surface area contributed by atoms with E-state index in [9.17, 15) is 0 Å². The third-order valence-corrected chi connectivity index (χ3v) is 2.67. The highest BCUT2D eigenvalue weighted by Gasteiger charge is 2.02. The molecule has 0 spiro atoms. The van der Waals surface area contributed by atoms with Crippen LogP contribution in [0.25, 0.3) is 0 Å². The van der Waals surface area contributed by atoms with Gasteiger partial charge in [0.15, 0.2) is 0 Å². The van der Waals surface area contributed by atoms with Crippen LogP contribution in [0.4, 0.5) is 0 Å². The zero-order valence-electron chi connectivity index (χ0n) is 9.56. The number of methoxy groups -OCH3 is 1. The predicted molar refractivity (Wildman–Crippen MR) is 67.4 cm³/mol. The summed E-state index contributed by atoms with van der Waals surface area (Å²) in [6, 6.07) is 9.71. The lowest BCUT2D eigenvalue weighted by molar-refractivity contribution is 0.414. The number of alkyl halides is 1. The maximum absolute atomic E-state index is 5.74. The molecule has 0 atom stereocenters. The molecule has 0 aliphatic rings. The fraction of sp³-hybridized carbons (Fsp3) is 0.231. The van der Waals surface area contributed by atoms with Gasteiger partial charge in [0.2, 0.25) is 0 Å². The van der Waals surface area contributed by atoms with E-state index in [-0.39, 0.29) is 0 Å². The smallest absolute Gasteiger partial charge is 0.132 e. The first-order valence-electron chi connectivity index (χ1n) is 5.31. The number of benzene rings is 1. The van der Waals surface area contributed by atoms with Gasteiger partial charge in [0.25, 0.3) is 0 Å². The first-order chi connectivity index (χ1) is 8.31. The number of nitrogens with zero attached hydrogens (tertiary/aromatic N) is 2. The summed E-state index contributed by atoms with van der Waals surface area (Å²) in [5, 5.41) is 0. The van der Waals surface area contributed by atoms with Crippen molar-refractivity contribution in [1.82, 2.24) is 9.97 Å². The molecule has 2 rings (SSSR count). The molecule has 0 bridgehead atoms. The van der Waals surface area contributed by atoms with E-state index in [0.29, 0.717) is 12.3 Å². The van der Waals surface area contributed by atoms with Gasteiger partial charge >= 0.3 is 0 Å². The van der Waals surface area contributed by atoms with Gasteiger partial charge in [0.05, 0.1) is 18.7 Å². The molecule has 2 aromatic rings. The van der Waals surface area contributed by atoms with Crippen molar-refractivity contribution in [1.29, 1.82) is 0 Å². The van der Waals surface area contributed by atoms with Gasteiger partial charge < -0.3 is 4.74 Å². The van der Waals surface area contributed by atoms with E-state index in [1.807, 2.05) is 30.3 Å². The SMILES string of the molecule is COc1cccc(Cc2nccc(CCl)n2)c1. The summed E-state index contributed by atoms with van der Waals surface area (Å²) in [4.78, 5) is 8.59. The Morgan fingerprint density at radius 1 is 1.29 bits per heavy atom. The second kappa shape index (κ2) is 5.64. The summed E-state index contributed by atoms with van der Waals surface area (Å²) in [6.07, 6.45) is 2.42. The van der Waals surface area contributed by atoms with Crippen molar-refractivity contribution in [2.24, 2.45) is 0 Å². The minimum absolute atomic E-state index is 0.410. The molecule has 17 heavy (non-hydrogen) atoms. The summed E-state index contributed by atoms with van der Waals surface area (Å²) in [5.41, 5.74) is 1.97. The van der Waals surface area contributed by atoms with Crippen LogP contribution in [0.1, 0.15) is 17.1 Å². The molecule has 0 aliphatic carbocycles. The van der Waals surface area contributed by atoms with Gasteiger partial charge in [-0.25, -0.2) is 9.97 Å². The lowest BCUT2D eigenvalue weighted by Gasteiger charge is -2.04. The Kier molecular flexibility index (Phi) is 3.94. The van der Waals surface area contributed by atoms with Gasteiger partial charge in [-0.3, -0.25) is 0 Å². The van der Waals surface area contributed by atoms with Crippen LogP contribution >= 0.6 is 11.6 Å². The number of halogens is 1. The Balaban J connectivity index is 2.18. The summed E-state index contributed by atoms with van der Waals surface area (Å²) in [5.74, 6) is 2.03. The molecule has 0 unspecified atom stereocenters. The topological polar surface area (TPSA) is 35.0 Å². The van der Waals surface area contributed by atoms with Crippen molar-refractivity contribution in [2.45, 2.75) is 12.3 Å². The lowest BCUT2D eigenvalue weighted by atomic mass is 10.1. The number of hydrogen-bond acceptors (Lipinski definition) is 3. The van der Waals surface area contributed by atoms with Crippen molar-refractivity contribution in [3.63, 3.8) is 0 Å². The van der Waals surface area contributed by atoms with Gasteiger partial charge in [-0.05, 0) is 23.8 Å². The van der Waals surface area contributed by atoms with E-state index in [1.54, 1.807) is 13.3 Å². The third-order valence-electron chi connectivity index (χ3n) is 2.40. The average molecular weight is 249 g/mol. The van der Waals surface area contributed by atoms with Gasteiger partial charge in [-0.1, -0.05) is 12.1 Å². The Morgan fingerprint density at radius 3 is 2.94 bits per heavy atom. The summed E-state index contributed by atoms with van der Waals surface area (Å²) in [6.45, 7) is 0. The molecule has 4 heteroatoms. The molecule has 0 fully saturated rings. The summed E-state index contributed by atoms with van der Waals surface area (Å²) < 4.78 is 5.18. The molecule has 3 nitrogen and oxygen atoms in total. The zero-order valence-corrected chi connectivity index (χ0v) is 10.3. The zero-order chi connectivity index (χ0) is 12.1. The fourth-order valence-electron chi connectivity index (χ4n) is 1.57. The lowest BCUT2D eigenvalue weighted by Crippen LogP contribution is -1.99. The monoisotopic (exact) mass is 248 g/mol. The van der Waals surface area contributed by atoms with Gasteiger partial charge in [-0.2, -0.15) is 0 Å². The predicted octanol–water partition coefficient (Wildman–Crippen LogP) is 2.81. The first-order valence-corrected chi connectivity index (χ1v) is 5.85. The van der Waals surface area contributed by atoms with E-state index in [0.717, 1.165) is 22.8 Å². The Labute approximate surface area is 105 Å². The highest BCUT2D eigenvalue weighted by molar-refractivity contribution is 6.16. The molecule has 0 amide bonds. The van der Waals surface area contributed by atoms with Crippen LogP contribution in [-0.2, 0) is 12.3 Å². The molecule has 0 radical (unpaired) electrons. The Hall–Kier alpha value is -1.61. The summed E-state index contributed by atoms with van der Waals surface area (Å²) >= 11 is 5.74. The molecular weight excluding hydrogens is 236 g/mol. The van der Waals surface area contributed by atoms with Crippen molar-refractivity contribution in [2.75, 3.05) is 7.11 Å². The largest absolute Gasteiger partial charge is 0.497 e. The Morgan fingerprint density at radius 2 is 2.18 bits per heavy atom. The van der Waals surface area contributed by atoms with Crippen molar-refractivity contribution in [3.05, 3.63) is 53.6 Å². The molecule has 0 aliphatic heterocycles. The normalized spacial score (nSPS) is 10.2. The van der Waals surface area contributed by atoms with Crippen LogP contribution in [-0.4, -0.2) is 17.1 Å². The Bertz CT molecular complexity index is 457. The van der Waals surface area contributed by atoms with E-state index in [2.05, 4.69) is 9.97 Å². The second-order valence-corrected chi connectivity index (χ2v) is 3.89. The molecule has 1 heterocycles. The maximum Gasteiger partial charge on any atom is 0.132 e. The number of ether oxygens (including phenoxy) is 1. The highest BCUT2D eigenvalue weighted by Crippen LogP contribution is 2.14. The van der Waals surface area contributed by atoms with Crippen LogP contribution in [0.5, 0.6) is 5.75 Å².